The minimum absolute atomic E-state index is 0.0712. The summed E-state index contributed by atoms with van der Waals surface area (Å²) in [7, 11) is 1.78. The quantitative estimate of drug-likeness (QED) is 0.537. The van der Waals surface area contributed by atoms with Crippen LogP contribution in [0.1, 0.15) is 23.6 Å². The lowest BCUT2D eigenvalue weighted by molar-refractivity contribution is -0.138. The maximum Gasteiger partial charge on any atom is 0.420 e. The highest BCUT2D eigenvalue weighted by atomic mass is 19.4. The molecule has 0 aliphatic rings. The van der Waals surface area contributed by atoms with Crippen molar-refractivity contribution in [3.05, 3.63) is 53.1 Å². The first-order valence-corrected chi connectivity index (χ1v) is 7.89. The lowest BCUT2D eigenvalue weighted by Gasteiger charge is -2.17. The number of aliphatic imine (C=N–C) groups is 1. The van der Waals surface area contributed by atoms with E-state index in [0.717, 1.165) is 6.07 Å². The zero-order chi connectivity index (χ0) is 19.3. The summed E-state index contributed by atoms with van der Waals surface area (Å²) in [5.74, 6) is -0.289. The molecule has 0 radical (unpaired) electrons. The number of alkyl halides is 3. The molecule has 0 saturated heterocycles. The summed E-state index contributed by atoms with van der Waals surface area (Å²) in [4.78, 5) is 5.88. The Hall–Kier alpha value is -3.01. The Morgan fingerprint density at radius 2 is 1.92 bits per heavy atom. The summed E-state index contributed by atoms with van der Waals surface area (Å²) in [5, 5.41) is 9.09. The second kappa shape index (κ2) is 7.91. The molecule has 0 aromatic heterocycles. The second-order valence-corrected chi connectivity index (χ2v) is 5.66. The van der Waals surface area contributed by atoms with Crippen molar-refractivity contribution in [2.24, 2.45) is 4.99 Å². The normalized spacial score (nSPS) is 11.4. The van der Waals surface area contributed by atoms with Gasteiger partial charge in [0.1, 0.15) is 23.1 Å². The van der Waals surface area contributed by atoms with Crippen LogP contribution in [0.3, 0.4) is 0 Å². The topological polar surface area (TPSA) is 48.6 Å². The molecule has 0 amide bonds. The molecule has 0 N–H and O–H groups in total. The van der Waals surface area contributed by atoms with E-state index in [2.05, 4.69) is 4.99 Å². The summed E-state index contributed by atoms with van der Waals surface area (Å²) in [6.45, 7) is 4.24. The van der Waals surface area contributed by atoms with Gasteiger partial charge in [-0.25, -0.2) is 4.99 Å². The van der Waals surface area contributed by atoms with E-state index in [-0.39, 0.29) is 22.7 Å². The van der Waals surface area contributed by atoms with Crippen LogP contribution in [0.5, 0.6) is 11.5 Å². The van der Waals surface area contributed by atoms with E-state index >= 15 is 0 Å². The fourth-order valence-electron chi connectivity index (χ4n) is 2.12. The molecule has 26 heavy (non-hydrogen) atoms. The minimum Gasteiger partial charge on any atom is -0.455 e. The van der Waals surface area contributed by atoms with Crippen LogP contribution in [0.15, 0.2) is 41.4 Å². The van der Waals surface area contributed by atoms with Gasteiger partial charge < -0.3 is 9.64 Å². The molecule has 0 atom stereocenters. The first-order chi connectivity index (χ1) is 12.3. The smallest absolute Gasteiger partial charge is 0.420 e. The first-order valence-electron chi connectivity index (χ1n) is 7.89. The lowest BCUT2D eigenvalue weighted by atomic mass is 10.1. The van der Waals surface area contributed by atoms with E-state index in [9.17, 15) is 13.2 Å². The number of rotatable bonds is 5. The maximum absolute atomic E-state index is 13.5. The third-order valence-corrected chi connectivity index (χ3v) is 3.72. The van der Waals surface area contributed by atoms with E-state index in [4.69, 9.17) is 10.00 Å². The number of nitriles is 1. The second-order valence-electron chi connectivity index (χ2n) is 5.66. The number of nitrogens with zero attached hydrogens (tertiary/aromatic N) is 3. The fraction of sp³-hybridized carbons (Fsp3) is 0.263. The van der Waals surface area contributed by atoms with Gasteiger partial charge in [-0.3, -0.25) is 0 Å². The van der Waals surface area contributed by atoms with Crippen LogP contribution in [-0.2, 0) is 6.18 Å². The van der Waals surface area contributed by atoms with Gasteiger partial charge in [0, 0.05) is 13.6 Å². The van der Waals surface area contributed by atoms with Crippen LogP contribution in [-0.4, -0.2) is 24.8 Å². The van der Waals surface area contributed by atoms with E-state index in [0.29, 0.717) is 12.1 Å². The molecule has 0 spiro atoms. The fourth-order valence-corrected chi connectivity index (χ4v) is 2.12. The van der Waals surface area contributed by atoms with E-state index in [1.54, 1.807) is 31.0 Å². The SMILES string of the molecule is CCN(C)/C=N/c1cc(C(F)(F)F)c(Oc2ccccc2C#N)cc1C. The highest BCUT2D eigenvalue weighted by Crippen LogP contribution is 2.42. The van der Waals surface area contributed by atoms with Crippen LogP contribution in [0.4, 0.5) is 18.9 Å². The van der Waals surface area contributed by atoms with E-state index in [1.165, 1.54) is 24.5 Å². The zero-order valence-electron chi connectivity index (χ0n) is 14.6. The molecule has 0 aliphatic carbocycles. The lowest BCUT2D eigenvalue weighted by Crippen LogP contribution is -2.14. The molecule has 7 heteroatoms. The van der Waals surface area contributed by atoms with Crippen molar-refractivity contribution in [2.75, 3.05) is 13.6 Å². The van der Waals surface area contributed by atoms with Crippen LogP contribution >= 0.6 is 0 Å². The average molecular weight is 361 g/mol. The molecular weight excluding hydrogens is 343 g/mol. The monoisotopic (exact) mass is 361 g/mol. The van der Waals surface area contributed by atoms with Crippen molar-refractivity contribution in [3.63, 3.8) is 0 Å². The average Bonchev–Trinajstić information content (AvgIpc) is 2.60. The highest BCUT2D eigenvalue weighted by molar-refractivity contribution is 5.65. The Bertz CT molecular complexity index is 854. The maximum atomic E-state index is 13.5. The van der Waals surface area contributed by atoms with Gasteiger partial charge in [0.15, 0.2) is 0 Å². The number of benzene rings is 2. The molecule has 4 nitrogen and oxygen atoms in total. The van der Waals surface area contributed by atoms with Crippen molar-refractivity contribution in [1.82, 2.24) is 4.90 Å². The summed E-state index contributed by atoms with van der Waals surface area (Å²) in [6, 6.07) is 10.3. The third kappa shape index (κ3) is 4.54. The number of aryl methyl sites for hydroxylation is 1. The Kier molecular flexibility index (Phi) is 5.88. The number of para-hydroxylation sites is 1. The summed E-state index contributed by atoms with van der Waals surface area (Å²) < 4.78 is 45.9. The highest BCUT2D eigenvalue weighted by Gasteiger charge is 2.35. The Labute approximate surface area is 150 Å². The Morgan fingerprint density at radius 3 is 2.54 bits per heavy atom. The van der Waals surface area contributed by atoms with E-state index < -0.39 is 11.7 Å². The molecule has 2 rings (SSSR count). The van der Waals surface area contributed by atoms with Crippen molar-refractivity contribution in [1.29, 1.82) is 5.26 Å². The Morgan fingerprint density at radius 1 is 1.23 bits per heavy atom. The predicted octanol–water partition coefficient (Wildman–Crippen LogP) is 5.29. The zero-order valence-corrected chi connectivity index (χ0v) is 14.6. The molecule has 0 saturated carbocycles. The number of hydrogen-bond donors (Lipinski definition) is 0. The van der Waals surface area contributed by atoms with Gasteiger partial charge in [0.2, 0.25) is 0 Å². The third-order valence-electron chi connectivity index (χ3n) is 3.72. The predicted molar refractivity (Wildman–Crippen MR) is 93.9 cm³/mol. The van der Waals surface area contributed by atoms with Gasteiger partial charge in [-0.1, -0.05) is 12.1 Å². The van der Waals surface area contributed by atoms with Gasteiger partial charge in [0.25, 0.3) is 0 Å². The standard InChI is InChI=1S/C19H18F3N3O/c1-4-25(3)12-24-16-10-15(19(20,21)22)18(9-13(16)2)26-17-8-6-5-7-14(17)11-23/h5-10,12H,4H2,1-3H3/b24-12+. The molecule has 0 heterocycles. The van der Waals surface area contributed by atoms with Crippen LogP contribution in [0.25, 0.3) is 0 Å². The minimum atomic E-state index is -4.62. The van der Waals surface area contributed by atoms with Gasteiger partial charge in [-0.2, -0.15) is 18.4 Å². The summed E-state index contributed by atoms with van der Waals surface area (Å²) in [5.41, 5.74) is -0.0474. The van der Waals surface area contributed by atoms with Crippen molar-refractivity contribution >= 4 is 12.0 Å². The first kappa shape index (κ1) is 19.3. The molecule has 0 aliphatic heterocycles. The molecule has 0 fully saturated rings. The summed E-state index contributed by atoms with van der Waals surface area (Å²) >= 11 is 0. The van der Waals surface area contributed by atoms with Gasteiger partial charge in [-0.15, -0.1) is 0 Å². The van der Waals surface area contributed by atoms with Gasteiger partial charge >= 0.3 is 6.18 Å². The summed E-state index contributed by atoms with van der Waals surface area (Å²) in [6.07, 6.45) is -3.14. The van der Waals surface area contributed by atoms with Crippen molar-refractivity contribution in [2.45, 2.75) is 20.0 Å². The largest absolute Gasteiger partial charge is 0.455 e. The Balaban J connectivity index is 2.51. The van der Waals surface area contributed by atoms with Gasteiger partial charge in [0.05, 0.1) is 17.6 Å². The van der Waals surface area contributed by atoms with E-state index in [1.807, 2.05) is 13.0 Å². The number of halogens is 3. The van der Waals surface area contributed by atoms with Crippen LogP contribution < -0.4 is 4.74 Å². The van der Waals surface area contributed by atoms with Crippen LogP contribution in [0.2, 0.25) is 0 Å². The number of hydrogen-bond acceptors (Lipinski definition) is 3. The molecular formula is C19H18F3N3O. The molecule has 0 unspecified atom stereocenters. The molecule has 2 aromatic carbocycles. The van der Waals surface area contributed by atoms with Gasteiger partial charge in [-0.05, 0) is 43.7 Å². The van der Waals surface area contributed by atoms with Crippen LogP contribution in [0, 0.1) is 18.3 Å². The molecule has 0 bridgehead atoms. The molecule has 2 aromatic rings. The van der Waals surface area contributed by atoms with Crippen molar-refractivity contribution < 1.29 is 17.9 Å². The number of ether oxygens (including phenoxy) is 1. The molecule has 136 valence electrons. The van der Waals surface area contributed by atoms with Crippen molar-refractivity contribution in [3.8, 4) is 17.6 Å².